The Morgan fingerprint density at radius 3 is 2.46 bits per heavy atom. The molecule has 0 N–H and O–H groups in total. The van der Waals surface area contributed by atoms with Crippen LogP contribution in [0.15, 0.2) is 81.9 Å². The third-order valence-corrected chi connectivity index (χ3v) is 4.91. The highest BCUT2D eigenvalue weighted by Crippen LogP contribution is 2.35. The summed E-state index contributed by atoms with van der Waals surface area (Å²) in [7, 11) is 0. The zero-order valence-corrected chi connectivity index (χ0v) is 15.9. The summed E-state index contributed by atoms with van der Waals surface area (Å²) in [6.07, 6.45) is 11.5. The Hall–Kier alpha value is -3.05. The van der Waals surface area contributed by atoms with Crippen molar-refractivity contribution in [1.82, 2.24) is 9.88 Å². The summed E-state index contributed by atoms with van der Waals surface area (Å²) < 4.78 is 5.55. The van der Waals surface area contributed by atoms with Gasteiger partial charge in [0.25, 0.3) is 0 Å². The van der Waals surface area contributed by atoms with Gasteiger partial charge >= 0.3 is 0 Å². The van der Waals surface area contributed by atoms with Gasteiger partial charge in [0.2, 0.25) is 0 Å². The van der Waals surface area contributed by atoms with Crippen LogP contribution < -0.4 is 0 Å². The second kappa shape index (κ2) is 9.24. The number of aromatic nitrogens is 1. The van der Waals surface area contributed by atoms with Crippen LogP contribution >= 0.6 is 0 Å². The van der Waals surface area contributed by atoms with Gasteiger partial charge in [-0.3, -0.25) is 4.98 Å². The highest BCUT2D eigenvalue weighted by atomic mass is 16.5. The van der Waals surface area contributed by atoms with E-state index in [1.54, 1.807) is 18.6 Å². The molecule has 1 aromatic carbocycles. The molecule has 1 fully saturated rings. The summed E-state index contributed by atoms with van der Waals surface area (Å²) in [5, 5.41) is 8.51. The van der Waals surface area contributed by atoms with Crippen molar-refractivity contribution < 1.29 is 4.74 Å². The van der Waals surface area contributed by atoms with Crippen LogP contribution in [0.3, 0.4) is 0 Å². The molecule has 5 heteroatoms. The van der Waals surface area contributed by atoms with E-state index in [0.29, 0.717) is 0 Å². The monoisotopic (exact) mass is 372 g/mol. The molecule has 0 amide bonds. The van der Waals surface area contributed by atoms with Crippen LogP contribution in [0, 0.1) is 0 Å². The maximum atomic E-state index is 5.55. The SMILES string of the molecule is C(=N/N=C\c1cccnc1)/C1=C(N2CCOCC2)C(=C/c2ccccc2)/CC1. The van der Waals surface area contributed by atoms with E-state index in [-0.39, 0.29) is 0 Å². The molecule has 0 unspecified atom stereocenters. The molecule has 0 spiro atoms. The zero-order chi connectivity index (χ0) is 19.0. The predicted molar refractivity (Wildman–Crippen MR) is 113 cm³/mol. The molecule has 1 aliphatic heterocycles. The zero-order valence-electron chi connectivity index (χ0n) is 15.9. The number of hydrogen-bond acceptors (Lipinski definition) is 5. The van der Waals surface area contributed by atoms with Gasteiger partial charge in [0.1, 0.15) is 0 Å². The van der Waals surface area contributed by atoms with Crippen molar-refractivity contribution in [3.63, 3.8) is 0 Å². The third kappa shape index (κ3) is 4.61. The summed E-state index contributed by atoms with van der Waals surface area (Å²) >= 11 is 0. The van der Waals surface area contributed by atoms with Gasteiger partial charge in [0, 0.05) is 36.7 Å². The number of benzene rings is 1. The van der Waals surface area contributed by atoms with Gasteiger partial charge < -0.3 is 9.64 Å². The van der Waals surface area contributed by atoms with Gasteiger partial charge in [-0.05, 0) is 41.7 Å². The van der Waals surface area contributed by atoms with E-state index in [1.165, 1.54) is 22.4 Å². The summed E-state index contributed by atoms with van der Waals surface area (Å²) in [6.45, 7) is 3.37. The van der Waals surface area contributed by atoms with Gasteiger partial charge in [-0.2, -0.15) is 10.2 Å². The normalized spacial score (nSPS) is 19.4. The minimum absolute atomic E-state index is 0.770. The van der Waals surface area contributed by atoms with Gasteiger partial charge in [-0.25, -0.2) is 0 Å². The Kier molecular flexibility index (Phi) is 6.05. The van der Waals surface area contributed by atoms with Crippen molar-refractivity contribution in [3.8, 4) is 0 Å². The van der Waals surface area contributed by atoms with Crippen LogP contribution in [0.4, 0.5) is 0 Å². The number of nitrogens with zero attached hydrogens (tertiary/aromatic N) is 4. The van der Waals surface area contributed by atoms with E-state index in [9.17, 15) is 0 Å². The minimum atomic E-state index is 0.770. The van der Waals surface area contributed by atoms with Crippen LogP contribution in [0.2, 0.25) is 0 Å². The second-order valence-electron chi connectivity index (χ2n) is 6.83. The molecular formula is C23H24N4O. The van der Waals surface area contributed by atoms with Gasteiger partial charge in [-0.15, -0.1) is 0 Å². The van der Waals surface area contributed by atoms with E-state index < -0.39 is 0 Å². The van der Waals surface area contributed by atoms with E-state index in [0.717, 1.165) is 44.7 Å². The molecular weight excluding hydrogens is 348 g/mol. The number of allylic oxidation sites excluding steroid dienone is 2. The summed E-state index contributed by atoms with van der Waals surface area (Å²) in [6, 6.07) is 14.3. The second-order valence-corrected chi connectivity index (χ2v) is 6.83. The molecule has 1 aliphatic carbocycles. The lowest BCUT2D eigenvalue weighted by molar-refractivity contribution is 0.0548. The van der Waals surface area contributed by atoms with E-state index in [2.05, 4.69) is 50.4 Å². The van der Waals surface area contributed by atoms with Gasteiger partial charge in [0.15, 0.2) is 0 Å². The number of rotatable bonds is 5. The molecule has 0 radical (unpaired) electrons. The lowest BCUT2D eigenvalue weighted by atomic mass is 10.1. The summed E-state index contributed by atoms with van der Waals surface area (Å²) in [4.78, 5) is 6.51. The van der Waals surface area contributed by atoms with Crippen molar-refractivity contribution in [2.75, 3.05) is 26.3 Å². The Labute approximate surface area is 165 Å². The maximum Gasteiger partial charge on any atom is 0.0642 e. The lowest BCUT2D eigenvalue weighted by Gasteiger charge is -2.31. The largest absolute Gasteiger partial charge is 0.378 e. The molecule has 0 bridgehead atoms. The van der Waals surface area contributed by atoms with Gasteiger partial charge in [0.05, 0.1) is 25.6 Å². The number of morpholine rings is 1. The van der Waals surface area contributed by atoms with Crippen molar-refractivity contribution in [2.24, 2.45) is 10.2 Å². The maximum absolute atomic E-state index is 5.55. The molecule has 1 aromatic heterocycles. The first-order chi connectivity index (χ1) is 13.9. The minimum Gasteiger partial charge on any atom is -0.378 e. The van der Waals surface area contributed by atoms with Crippen LogP contribution in [-0.2, 0) is 4.74 Å². The van der Waals surface area contributed by atoms with Crippen LogP contribution in [0.1, 0.15) is 24.0 Å². The fourth-order valence-corrected chi connectivity index (χ4v) is 3.58. The average molecular weight is 372 g/mol. The first-order valence-corrected chi connectivity index (χ1v) is 9.68. The van der Waals surface area contributed by atoms with E-state index >= 15 is 0 Å². The van der Waals surface area contributed by atoms with Crippen molar-refractivity contribution >= 4 is 18.5 Å². The predicted octanol–water partition coefficient (Wildman–Crippen LogP) is 3.95. The molecule has 2 aliphatic rings. The molecule has 2 heterocycles. The molecule has 28 heavy (non-hydrogen) atoms. The van der Waals surface area contributed by atoms with Crippen LogP contribution in [-0.4, -0.2) is 48.6 Å². The lowest BCUT2D eigenvalue weighted by Crippen LogP contribution is -2.36. The Balaban J connectivity index is 1.59. The topological polar surface area (TPSA) is 50.1 Å². The van der Waals surface area contributed by atoms with E-state index in [4.69, 9.17) is 4.74 Å². The average Bonchev–Trinajstić information content (AvgIpc) is 3.15. The smallest absolute Gasteiger partial charge is 0.0642 e. The Bertz CT molecular complexity index is 895. The third-order valence-electron chi connectivity index (χ3n) is 4.91. The van der Waals surface area contributed by atoms with Crippen molar-refractivity contribution in [1.29, 1.82) is 0 Å². The highest BCUT2D eigenvalue weighted by molar-refractivity contribution is 5.85. The quantitative estimate of drug-likeness (QED) is 0.590. The van der Waals surface area contributed by atoms with Gasteiger partial charge in [-0.1, -0.05) is 36.4 Å². The van der Waals surface area contributed by atoms with Crippen LogP contribution in [0.5, 0.6) is 0 Å². The molecule has 4 rings (SSSR count). The Morgan fingerprint density at radius 1 is 0.893 bits per heavy atom. The molecule has 0 saturated carbocycles. The molecule has 142 valence electrons. The first kappa shape index (κ1) is 18.3. The number of hydrogen-bond donors (Lipinski definition) is 0. The van der Waals surface area contributed by atoms with Crippen LogP contribution in [0.25, 0.3) is 6.08 Å². The highest BCUT2D eigenvalue weighted by Gasteiger charge is 2.25. The summed E-state index contributed by atoms with van der Waals surface area (Å²) in [5.74, 6) is 0. The summed E-state index contributed by atoms with van der Waals surface area (Å²) in [5.41, 5.74) is 6.08. The number of pyridine rings is 1. The molecule has 0 atom stereocenters. The van der Waals surface area contributed by atoms with Crippen molar-refractivity contribution in [3.05, 3.63) is 82.8 Å². The molecule has 5 nitrogen and oxygen atoms in total. The number of ether oxygens (including phenoxy) is 1. The fraction of sp³-hybridized carbons (Fsp3) is 0.261. The molecule has 1 saturated heterocycles. The standard InChI is InChI=1S/C23H24N4O/c1-2-5-19(6-3-1)15-21-8-9-22(23(21)27-11-13-28-14-12-27)18-26-25-17-20-7-4-10-24-16-20/h1-7,10,15-18H,8-9,11-14H2/b21-15+,25-17-,26-18-. The Morgan fingerprint density at radius 2 is 1.68 bits per heavy atom. The first-order valence-electron chi connectivity index (χ1n) is 9.68. The van der Waals surface area contributed by atoms with Crippen molar-refractivity contribution in [2.45, 2.75) is 12.8 Å². The molecule has 2 aromatic rings. The fourth-order valence-electron chi connectivity index (χ4n) is 3.58. The van der Waals surface area contributed by atoms with E-state index in [1.807, 2.05) is 24.4 Å².